The zero-order valence-corrected chi connectivity index (χ0v) is 15.3. The van der Waals surface area contributed by atoms with Crippen LogP contribution < -0.4 is 5.32 Å². The van der Waals surface area contributed by atoms with Crippen molar-refractivity contribution in [2.45, 2.75) is 37.8 Å². The number of hydrogen-bond donors (Lipinski definition) is 1. The quantitative estimate of drug-likeness (QED) is 0.889. The van der Waals surface area contributed by atoms with Gasteiger partial charge in [-0.2, -0.15) is 0 Å². The molecule has 2 fully saturated rings. The second kappa shape index (κ2) is 7.60. The zero-order chi connectivity index (χ0) is 17.9. The molecule has 26 heavy (non-hydrogen) atoms. The molecule has 3 heterocycles. The number of thiophene rings is 1. The minimum atomic E-state index is -0.379. The van der Waals surface area contributed by atoms with E-state index in [-0.39, 0.29) is 24.0 Å². The standard InChI is InChI=1S/C20H22N2O3S/c23-19(17-8-3-11-25-17)21-15-6-1-5-14(13-15)20(24)22-10-2-7-16(22)18-9-4-12-26-18/h1,4-6,9,12-13,16-17H,2-3,7-8,10-11H2,(H,21,23). The monoisotopic (exact) mass is 370 g/mol. The number of amides is 2. The van der Waals surface area contributed by atoms with E-state index >= 15 is 0 Å². The van der Waals surface area contributed by atoms with Gasteiger partial charge in [0.25, 0.3) is 11.8 Å². The lowest BCUT2D eigenvalue weighted by atomic mass is 10.1. The average molecular weight is 370 g/mol. The van der Waals surface area contributed by atoms with Crippen LogP contribution in [-0.4, -0.2) is 36.0 Å². The molecule has 2 aliphatic rings. The van der Waals surface area contributed by atoms with Crippen LogP contribution in [-0.2, 0) is 9.53 Å². The summed E-state index contributed by atoms with van der Waals surface area (Å²) in [6, 6.07) is 11.5. The lowest BCUT2D eigenvalue weighted by Gasteiger charge is -2.24. The molecule has 5 nitrogen and oxygen atoms in total. The third kappa shape index (κ3) is 3.52. The van der Waals surface area contributed by atoms with E-state index in [9.17, 15) is 9.59 Å². The predicted octanol–water partition coefficient (Wildman–Crippen LogP) is 3.84. The molecule has 1 N–H and O–H groups in total. The molecule has 2 aliphatic heterocycles. The van der Waals surface area contributed by atoms with Gasteiger partial charge in [-0.1, -0.05) is 12.1 Å². The Hall–Kier alpha value is -2.18. The Morgan fingerprint density at radius 3 is 2.85 bits per heavy atom. The largest absolute Gasteiger partial charge is 0.368 e. The first-order valence-electron chi connectivity index (χ1n) is 9.09. The normalized spacial score (nSPS) is 22.5. The molecule has 2 unspecified atom stereocenters. The summed E-state index contributed by atoms with van der Waals surface area (Å²) in [4.78, 5) is 28.5. The van der Waals surface area contributed by atoms with Gasteiger partial charge in [-0.05, 0) is 55.3 Å². The van der Waals surface area contributed by atoms with Crippen LogP contribution in [0.25, 0.3) is 0 Å². The second-order valence-corrected chi connectivity index (χ2v) is 7.72. The van der Waals surface area contributed by atoms with E-state index in [1.807, 2.05) is 29.2 Å². The molecular formula is C20H22N2O3S. The number of nitrogens with one attached hydrogen (secondary N) is 1. The number of likely N-dealkylation sites (tertiary alicyclic amines) is 1. The summed E-state index contributed by atoms with van der Waals surface area (Å²) in [7, 11) is 0. The Labute approximate surface area is 157 Å². The SMILES string of the molecule is O=C(Nc1cccc(C(=O)N2CCCC2c2cccs2)c1)C1CCCO1. The molecule has 6 heteroatoms. The van der Waals surface area contributed by atoms with Gasteiger partial charge in [-0.15, -0.1) is 11.3 Å². The topological polar surface area (TPSA) is 58.6 Å². The van der Waals surface area contributed by atoms with E-state index in [1.165, 1.54) is 4.88 Å². The molecule has 1 aromatic carbocycles. The zero-order valence-electron chi connectivity index (χ0n) is 14.5. The Morgan fingerprint density at radius 1 is 1.15 bits per heavy atom. The summed E-state index contributed by atoms with van der Waals surface area (Å²) in [6.45, 7) is 1.41. The fraction of sp³-hybridized carbons (Fsp3) is 0.400. The highest BCUT2D eigenvalue weighted by Crippen LogP contribution is 2.35. The number of anilines is 1. The fourth-order valence-corrected chi connectivity index (χ4v) is 4.56. The van der Waals surface area contributed by atoms with Crippen LogP contribution in [0.3, 0.4) is 0 Å². The third-order valence-corrected chi connectivity index (χ3v) is 5.96. The van der Waals surface area contributed by atoms with Gasteiger partial charge in [0.1, 0.15) is 6.10 Å². The molecule has 0 saturated carbocycles. The highest BCUT2D eigenvalue weighted by molar-refractivity contribution is 7.10. The van der Waals surface area contributed by atoms with Gasteiger partial charge in [0.15, 0.2) is 0 Å². The molecule has 0 spiro atoms. The number of carbonyl (C=O) groups is 2. The van der Waals surface area contributed by atoms with E-state index in [2.05, 4.69) is 16.8 Å². The molecule has 0 radical (unpaired) electrons. The Bertz CT molecular complexity index is 784. The minimum Gasteiger partial charge on any atom is -0.368 e. The summed E-state index contributed by atoms with van der Waals surface area (Å²) in [6.07, 6.45) is 3.30. The van der Waals surface area contributed by atoms with Gasteiger partial charge >= 0.3 is 0 Å². The number of benzene rings is 1. The van der Waals surface area contributed by atoms with E-state index in [0.717, 1.165) is 32.2 Å². The first kappa shape index (κ1) is 17.2. The highest BCUT2D eigenvalue weighted by atomic mass is 32.1. The maximum atomic E-state index is 13.0. The van der Waals surface area contributed by atoms with E-state index in [4.69, 9.17) is 4.74 Å². The van der Waals surface area contributed by atoms with Crippen LogP contribution in [0.1, 0.15) is 47.0 Å². The molecule has 2 amide bonds. The number of rotatable bonds is 4. The molecule has 0 aliphatic carbocycles. The van der Waals surface area contributed by atoms with E-state index in [0.29, 0.717) is 17.9 Å². The van der Waals surface area contributed by atoms with Gasteiger partial charge in [-0.3, -0.25) is 9.59 Å². The van der Waals surface area contributed by atoms with Crippen LogP contribution in [0.15, 0.2) is 41.8 Å². The number of carbonyl (C=O) groups excluding carboxylic acids is 2. The van der Waals surface area contributed by atoms with E-state index in [1.54, 1.807) is 17.4 Å². The van der Waals surface area contributed by atoms with E-state index < -0.39 is 0 Å². The number of nitrogens with zero attached hydrogens (tertiary/aromatic N) is 1. The number of ether oxygens (including phenoxy) is 1. The van der Waals surface area contributed by atoms with Crippen LogP contribution >= 0.6 is 11.3 Å². The van der Waals surface area contributed by atoms with Gasteiger partial charge in [0.2, 0.25) is 0 Å². The molecular weight excluding hydrogens is 348 g/mol. The van der Waals surface area contributed by atoms with Crippen molar-refractivity contribution in [3.63, 3.8) is 0 Å². The van der Waals surface area contributed by atoms with Crippen molar-refractivity contribution in [3.05, 3.63) is 52.2 Å². The molecule has 1 aromatic heterocycles. The van der Waals surface area contributed by atoms with Crippen molar-refractivity contribution in [3.8, 4) is 0 Å². The van der Waals surface area contributed by atoms with Crippen LogP contribution in [0, 0.1) is 0 Å². The molecule has 0 bridgehead atoms. The smallest absolute Gasteiger partial charge is 0.254 e. The molecule has 2 aromatic rings. The average Bonchev–Trinajstić information content (AvgIpc) is 3.43. The Morgan fingerprint density at radius 2 is 2.08 bits per heavy atom. The minimum absolute atomic E-state index is 0.0223. The molecule has 2 saturated heterocycles. The first-order chi connectivity index (χ1) is 12.7. The maximum absolute atomic E-state index is 13.0. The van der Waals surface area contributed by atoms with Crippen molar-refractivity contribution in [2.75, 3.05) is 18.5 Å². The third-order valence-electron chi connectivity index (χ3n) is 4.98. The van der Waals surface area contributed by atoms with Crippen molar-refractivity contribution in [1.82, 2.24) is 4.90 Å². The van der Waals surface area contributed by atoms with Crippen molar-refractivity contribution < 1.29 is 14.3 Å². The summed E-state index contributed by atoms with van der Waals surface area (Å²) in [5, 5.41) is 4.93. The second-order valence-electron chi connectivity index (χ2n) is 6.74. The summed E-state index contributed by atoms with van der Waals surface area (Å²) < 4.78 is 5.42. The van der Waals surface area contributed by atoms with Crippen molar-refractivity contribution in [1.29, 1.82) is 0 Å². The van der Waals surface area contributed by atoms with Gasteiger partial charge in [0, 0.05) is 29.3 Å². The van der Waals surface area contributed by atoms with Gasteiger partial charge < -0.3 is 15.0 Å². The van der Waals surface area contributed by atoms with Crippen LogP contribution in [0.4, 0.5) is 5.69 Å². The van der Waals surface area contributed by atoms with Gasteiger partial charge in [0.05, 0.1) is 6.04 Å². The fourth-order valence-electron chi connectivity index (χ4n) is 3.69. The van der Waals surface area contributed by atoms with Crippen LogP contribution in [0.5, 0.6) is 0 Å². The number of hydrogen-bond acceptors (Lipinski definition) is 4. The van der Waals surface area contributed by atoms with Gasteiger partial charge in [-0.25, -0.2) is 0 Å². The lowest BCUT2D eigenvalue weighted by Crippen LogP contribution is -2.30. The molecule has 2 atom stereocenters. The predicted molar refractivity (Wildman–Crippen MR) is 101 cm³/mol. The highest BCUT2D eigenvalue weighted by Gasteiger charge is 2.31. The molecule has 4 rings (SSSR count). The van der Waals surface area contributed by atoms with Crippen molar-refractivity contribution >= 4 is 28.8 Å². The first-order valence-corrected chi connectivity index (χ1v) is 9.97. The molecule has 136 valence electrons. The Balaban J connectivity index is 1.48. The maximum Gasteiger partial charge on any atom is 0.254 e. The van der Waals surface area contributed by atoms with Crippen molar-refractivity contribution in [2.24, 2.45) is 0 Å². The summed E-state index contributed by atoms with van der Waals surface area (Å²) in [5.74, 6) is -0.112. The lowest BCUT2D eigenvalue weighted by molar-refractivity contribution is -0.124. The summed E-state index contributed by atoms with van der Waals surface area (Å²) >= 11 is 1.70. The Kier molecular flexibility index (Phi) is 5.04. The van der Waals surface area contributed by atoms with Crippen LogP contribution in [0.2, 0.25) is 0 Å². The summed E-state index contributed by atoms with van der Waals surface area (Å²) in [5.41, 5.74) is 1.25.